The first-order valence-corrected chi connectivity index (χ1v) is 8.96. The van der Waals surface area contributed by atoms with E-state index in [0.717, 1.165) is 35.0 Å². The van der Waals surface area contributed by atoms with Gasteiger partial charge in [-0.05, 0) is 31.5 Å². The summed E-state index contributed by atoms with van der Waals surface area (Å²) >= 11 is 5.19. The maximum absolute atomic E-state index is 4.61. The van der Waals surface area contributed by atoms with Crippen molar-refractivity contribution in [3.8, 4) is 0 Å². The van der Waals surface area contributed by atoms with E-state index in [-0.39, 0.29) is 0 Å². The summed E-state index contributed by atoms with van der Waals surface area (Å²) in [5.41, 5.74) is 1.19. The first-order valence-electron chi connectivity index (χ1n) is 7.35. The van der Waals surface area contributed by atoms with Crippen molar-refractivity contribution in [1.29, 1.82) is 0 Å². The van der Waals surface area contributed by atoms with Crippen LogP contribution in [0.15, 0.2) is 39.9 Å². The van der Waals surface area contributed by atoms with Gasteiger partial charge in [0.05, 0.1) is 11.6 Å². The average molecular weight is 381 g/mol. The van der Waals surface area contributed by atoms with Crippen molar-refractivity contribution in [1.82, 2.24) is 15.6 Å². The largest absolute Gasteiger partial charge is 0.357 e. The minimum absolute atomic E-state index is 0.666. The van der Waals surface area contributed by atoms with Gasteiger partial charge in [-0.15, -0.1) is 11.3 Å². The quantitative estimate of drug-likeness (QED) is 0.595. The highest BCUT2D eigenvalue weighted by molar-refractivity contribution is 9.10. The van der Waals surface area contributed by atoms with E-state index in [1.807, 2.05) is 18.3 Å². The van der Waals surface area contributed by atoms with Gasteiger partial charge in [-0.2, -0.15) is 0 Å². The fraction of sp³-hybridized carbons (Fsp3) is 0.375. The molecule has 0 saturated carbocycles. The molecule has 2 aromatic rings. The van der Waals surface area contributed by atoms with Gasteiger partial charge in [0.1, 0.15) is 0 Å². The van der Waals surface area contributed by atoms with E-state index in [2.05, 4.69) is 62.5 Å². The molecule has 0 spiro atoms. The maximum Gasteiger partial charge on any atom is 0.191 e. The summed E-state index contributed by atoms with van der Waals surface area (Å²) in [4.78, 5) is 10.2. The smallest absolute Gasteiger partial charge is 0.191 e. The molecule has 4 nitrogen and oxygen atoms in total. The van der Waals surface area contributed by atoms with Crippen LogP contribution in [0.2, 0.25) is 0 Å². The number of benzene rings is 1. The molecule has 6 heteroatoms. The van der Waals surface area contributed by atoms with Crippen molar-refractivity contribution in [2.45, 2.75) is 26.8 Å². The minimum Gasteiger partial charge on any atom is -0.357 e. The van der Waals surface area contributed by atoms with Gasteiger partial charge in [-0.1, -0.05) is 28.1 Å². The molecule has 0 atom stereocenters. The van der Waals surface area contributed by atoms with Crippen LogP contribution in [-0.2, 0) is 13.0 Å². The van der Waals surface area contributed by atoms with E-state index in [0.29, 0.717) is 6.54 Å². The fourth-order valence-electron chi connectivity index (χ4n) is 1.91. The van der Waals surface area contributed by atoms with Gasteiger partial charge < -0.3 is 10.6 Å². The van der Waals surface area contributed by atoms with Crippen molar-refractivity contribution in [3.63, 3.8) is 0 Å². The van der Waals surface area contributed by atoms with Gasteiger partial charge in [-0.25, -0.2) is 9.98 Å². The van der Waals surface area contributed by atoms with Gasteiger partial charge in [0, 0.05) is 35.1 Å². The van der Waals surface area contributed by atoms with Gasteiger partial charge in [0.15, 0.2) is 5.96 Å². The predicted octanol–water partition coefficient (Wildman–Crippen LogP) is 3.51. The Balaban J connectivity index is 1.85. The van der Waals surface area contributed by atoms with Crippen LogP contribution in [0.25, 0.3) is 0 Å². The first kappa shape index (κ1) is 17.0. The molecule has 1 heterocycles. The van der Waals surface area contributed by atoms with Crippen molar-refractivity contribution in [2.24, 2.45) is 4.99 Å². The van der Waals surface area contributed by atoms with Crippen molar-refractivity contribution < 1.29 is 0 Å². The number of aromatic nitrogens is 1. The number of hydrogen-bond acceptors (Lipinski definition) is 3. The number of nitrogens with zero attached hydrogens (tertiary/aromatic N) is 2. The Bertz CT molecular complexity index is 607. The van der Waals surface area contributed by atoms with Gasteiger partial charge >= 0.3 is 0 Å². The summed E-state index contributed by atoms with van der Waals surface area (Å²) in [6.07, 6.45) is 2.84. The second-order valence-electron chi connectivity index (χ2n) is 4.86. The Morgan fingerprint density at radius 1 is 1.27 bits per heavy atom. The number of aliphatic imine (C=N–C) groups is 1. The Morgan fingerprint density at radius 3 is 2.68 bits per heavy atom. The molecule has 22 heavy (non-hydrogen) atoms. The second-order valence-corrected chi connectivity index (χ2v) is 7.10. The Kier molecular flexibility index (Phi) is 6.86. The molecular weight excluding hydrogens is 360 g/mol. The standard InChI is InChI=1S/C16H21BrN4S/c1-3-18-16(19-9-8-15-20-10-12(2)22-15)21-11-13-4-6-14(17)7-5-13/h4-7,10H,3,8-9,11H2,1-2H3,(H2,18,19,21). The molecule has 0 amide bonds. The lowest BCUT2D eigenvalue weighted by molar-refractivity contribution is 0.796. The van der Waals surface area contributed by atoms with E-state index < -0.39 is 0 Å². The van der Waals surface area contributed by atoms with Crippen LogP contribution in [0.4, 0.5) is 0 Å². The molecule has 0 radical (unpaired) electrons. The van der Waals surface area contributed by atoms with E-state index >= 15 is 0 Å². The summed E-state index contributed by atoms with van der Waals surface area (Å²) in [5.74, 6) is 0.846. The van der Waals surface area contributed by atoms with Crippen LogP contribution >= 0.6 is 27.3 Å². The van der Waals surface area contributed by atoms with E-state index in [1.165, 1.54) is 10.4 Å². The molecule has 0 aliphatic rings. The second kappa shape index (κ2) is 8.90. The highest BCUT2D eigenvalue weighted by atomic mass is 79.9. The van der Waals surface area contributed by atoms with Crippen LogP contribution in [0.5, 0.6) is 0 Å². The van der Waals surface area contributed by atoms with E-state index in [4.69, 9.17) is 0 Å². The summed E-state index contributed by atoms with van der Waals surface area (Å²) < 4.78 is 1.09. The Labute approximate surface area is 144 Å². The molecule has 2 rings (SSSR count). The minimum atomic E-state index is 0.666. The number of halogens is 1. The van der Waals surface area contributed by atoms with Crippen LogP contribution in [0, 0.1) is 6.92 Å². The molecule has 118 valence electrons. The number of nitrogens with one attached hydrogen (secondary N) is 2. The number of guanidine groups is 1. The lowest BCUT2D eigenvalue weighted by Crippen LogP contribution is -2.38. The Morgan fingerprint density at radius 2 is 2.05 bits per heavy atom. The number of aryl methyl sites for hydroxylation is 1. The highest BCUT2D eigenvalue weighted by Gasteiger charge is 2.01. The predicted molar refractivity (Wildman–Crippen MR) is 97.5 cm³/mol. The monoisotopic (exact) mass is 380 g/mol. The molecular formula is C16H21BrN4S. The van der Waals surface area contributed by atoms with Crippen molar-refractivity contribution in [3.05, 3.63) is 50.4 Å². The summed E-state index contributed by atoms with van der Waals surface area (Å²) in [7, 11) is 0. The SMILES string of the molecule is CCNC(=NCc1ccc(Br)cc1)NCCc1ncc(C)s1. The van der Waals surface area contributed by atoms with Gasteiger partial charge in [0.25, 0.3) is 0 Å². The Hall–Kier alpha value is -1.40. The van der Waals surface area contributed by atoms with E-state index in [9.17, 15) is 0 Å². The van der Waals surface area contributed by atoms with Crippen LogP contribution < -0.4 is 10.6 Å². The molecule has 0 saturated heterocycles. The van der Waals surface area contributed by atoms with Gasteiger partial charge in [0.2, 0.25) is 0 Å². The van der Waals surface area contributed by atoms with Crippen molar-refractivity contribution in [2.75, 3.05) is 13.1 Å². The van der Waals surface area contributed by atoms with Gasteiger partial charge in [-0.3, -0.25) is 0 Å². The number of thiazole rings is 1. The number of hydrogen-bond donors (Lipinski definition) is 2. The molecule has 0 aliphatic heterocycles. The van der Waals surface area contributed by atoms with Crippen LogP contribution in [0.3, 0.4) is 0 Å². The topological polar surface area (TPSA) is 49.3 Å². The molecule has 0 bridgehead atoms. The molecule has 2 N–H and O–H groups in total. The zero-order chi connectivity index (χ0) is 15.8. The number of rotatable bonds is 6. The summed E-state index contributed by atoms with van der Waals surface area (Å²) in [5, 5.41) is 7.79. The maximum atomic E-state index is 4.61. The van der Waals surface area contributed by atoms with E-state index in [1.54, 1.807) is 11.3 Å². The molecule has 0 aliphatic carbocycles. The highest BCUT2D eigenvalue weighted by Crippen LogP contribution is 2.12. The lowest BCUT2D eigenvalue weighted by Gasteiger charge is -2.10. The summed E-state index contributed by atoms with van der Waals surface area (Å²) in [6.45, 7) is 6.50. The molecule has 1 aromatic heterocycles. The average Bonchev–Trinajstić information content (AvgIpc) is 2.92. The third-order valence-electron chi connectivity index (χ3n) is 2.98. The molecule has 0 fully saturated rings. The zero-order valence-corrected chi connectivity index (χ0v) is 15.3. The fourth-order valence-corrected chi connectivity index (χ4v) is 2.96. The zero-order valence-electron chi connectivity index (χ0n) is 12.9. The lowest BCUT2D eigenvalue weighted by atomic mass is 10.2. The van der Waals surface area contributed by atoms with Crippen LogP contribution in [0.1, 0.15) is 22.4 Å². The molecule has 0 unspecified atom stereocenters. The van der Waals surface area contributed by atoms with Crippen molar-refractivity contribution >= 4 is 33.2 Å². The third kappa shape index (κ3) is 5.77. The molecule has 1 aromatic carbocycles. The third-order valence-corrected chi connectivity index (χ3v) is 4.48. The first-order chi connectivity index (χ1) is 10.7. The normalized spacial score (nSPS) is 11.5. The van der Waals surface area contributed by atoms with Crippen LogP contribution in [-0.4, -0.2) is 24.0 Å². The summed E-state index contributed by atoms with van der Waals surface area (Å²) in [6, 6.07) is 8.23.